The van der Waals surface area contributed by atoms with Crippen LogP contribution in [-0.2, 0) is 4.74 Å². The first-order valence-corrected chi connectivity index (χ1v) is 5.18. The van der Waals surface area contributed by atoms with Gasteiger partial charge in [-0.1, -0.05) is 0 Å². The van der Waals surface area contributed by atoms with Crippen molar-refractivity contribution >= 4 is 27.5 Å². The maximum atomic E-state index is 11.4. The summed E-state index contributed by atoms with van der Waals surface area (Å²) in [5.74, 6) is -0.431. The van der Waals surface area contributed by atoms with E-state index in [1.54, 1.807) is 25.4 Å². The number of halogens is 1. The number of hydrogen-bond acceptors (Lipinski definition) is 4. The Morgan fingerprint density at radius 3 is 3.20 bits per heavy atom. The second kappa shape index (κ2) is 3.98. The van der Waals surface area contributed by atoms with Crippen molar-refractivity contribution in [2.75, 3.05) is 6.61 Å². The van der Waals surface area contributed by atoms with Crippen LogP contribution >= 0.6 is 15.9 Å². The van der Waals surface area contributed by atoms with Crippen LogP contribution in [0.3, 0.4) is 0 Å². The molecule has 0 aromatic carbocycles. The van der Waals surface area contributed by atoms with Gasteiger partial charge in [-0.3, -0.25) is 0 Å². The number of rotatable bonds is 2. The van der Waals surface area contributed by atoms with Gasteiger partial charge in [0, 0.05) is 18.5 Å². The second-order valence-corrected chi connectivity index (χ2v) is 3.74. The molecule has 0 atom stereocenters. The smallest absolute Gasteiger partial charge is 0.358 e. The van der Waals surface area contributed by atoms with Crippen LogP contribution in [0.5, 0.6) is 0 Å². The van der Waals surface area contributed by atoms with Crippen molar-refractivity contribution in [1.82, 2.24) is 14.6 Å². The molecule has 0 radical (unpaired) electrons. The highest BCUT2D eigenvalue weighted by Crippen LogP contribution is 2.10. The molecule has 0 aliphatic carbocycles. The van der Waals surface area contributed by atoms with Crippen molar-refractivity contribution in [2.45, 2.75) is 6.92 Å². The van der Waals surface area contributed by atoms with E-state index in [0.29, 0.717) is 12.3 Å². The van der Waals surface area contributed by atoms with E-state index in [9.17, 15) is 4.79 Å². The summed E-state index contributed by atoms with van der Waals surface area (Å²) >= 11 is 3.27. The van der Waals surface area contributed by atoms with Gasteiger partial charge in [0.2, 0.25) is 0 Å². The number of carbonyl (C=O) groups is 1. The van der Waals surface area contributed by atoms with Crippen LogP contribution in [0.25, 0.3) is 5.65 Å². The molecule has 6 heteroatoms. The Bertz CT molecular complexity index is 509. The van der Waals surface area contributed by atoms with Crippen LogP contribution in [-0.4, -0.2) is 27.2 Å². The van der Waals surface area contributed by atoms with E-state index in [4.69, 9.17) is 4.74 Å². The van der Waals surface area contributed by atoms with Crippen LogP contribution in [0.1, 0.15) is 17.4 Å². The van der Waals surface area contributed by atoms with Crippen LogP contribution in [0, 0.1) is 0 Å². The highest BCUT2D eigenvalue weighted by molar-refractivity contribution is 9.10. The van der Waals surface area contributed by atoms with Crippen LogP contribution in [0.4, 0.5) is 0 Å². The number of nitrogens with zero attached hydrogens (tertiary/aromatic N) is 3. The van der Waals surface area contributed by atoms with Crippen LogP contribution < -0.4 is 0 Å². The zero-order valence-electron chi connectivity index (χ0n) is 7.98. The number of ether oxygens (including phenoxy) is 1. The number of hydrogen-bond donors (Lipinski definition) is 0. The van der Waals surface area contributed by atoms with Crippen LogP contribution in [0.15, 0.2) is 22.9 Å². The summed E-state index contributed by atoms with van der Waals surface area (Å²) in [7, 11) is 0. The summed E-state index contributed by atoms with van der Waals surface area (Å²) < 4.78 is 7.16. The maximum Gasteiger partial charge on any atom is 0.358 e. The van der Waals surface area contributed by atoms with Crippen molar-refractivity contribution < 1.29 is 9.53 Å². The molecule has 0 bridgehead atoms. The Morgan fingerprint density at radius 1 is 1.67 bits per heavy atom. The fraction of sp³-hybridized carbons (Fsp3) is 0.222. The van der Waals surface area contributed by atoms with Gasteiger partial charge in [0.05, 0.1) is 11.1 Å². The molecular formula is C9H8BrN3O2. The van der Waals surface area contributed by atoms with Gasteiger partial charge in [-0.15, -0.1) is 0 Å². The maximum absolute atomic E-state index is 11.4. The van der Waals surface area contributed by atoms with E-state index in [1.807, 2.05) is 0 Å². The number of fused-ring (bicyclic) bond motifs is 1. The van der Waals surface area contributed by atoms with E-state index >= 15 is 0 Å². The monoisotopic (exact) mass is 269 g/mol. The molecule has 5 nitrogen and oxygen atoms in total. The average Bonchev–Trinajstić information content (AvgIpc) is 2.60. The first-order valence-electron chi connectivity index (χ1n) is 4.38. The van der Waals surface area contributed by atoms with E-state index in [2.05, 4.69) is 26.0 Å². The lowest BCUT2D eigenvalue weighted by Crippen LogP contribution is -2.05. The van der Waals surface area contributed by atoms with Crippen molar-refractivity contribution in [3.05, 3.63) is 28.6 Å². The van der Waals surface area contributed by atoms with Gasteiger partial charge in [0.25, 0.3) is 0 Å². The molecule has 0 aliphatic heterocycles. The summed E-state index contributed by atoms with van der Waals surface area (Å²) in [6.07, 6.45) is 3.37. The lowest BCUT2D eigenvalue weighted by Gasteiger charge is -1.95. The van der Waals surface area contributed by atoms with Crippen LogP contribution in [0.2, 0.25) is 0 Å². The molecule has 0 amide bonds. The third kappa shape index (κ3) is 1.99. The molecule has 0 unspecified atom stereocenters. The third-order valence-electron chi connectivity index (χ3n) is 1.77. The van der Waals surface area contributed by atoms with E-state index in [-0.39, 0.29) is 5.69 Å². The van der Waals surface area contributed by atoms with E-state index in [0.717, 1.165) is 4.47 Å². The Hall–Kier alpha value is -1.43. The molecule has 2 aromatic heterocycles. The lowest BCUT2D eigenvalue weighted by atomic mass is 10.4. The second-order valence-electron chi connectivity index (χ2n) is 2.82. The van der Waals surface area contributed by atoms with Gasteiger partial charge < -0.3 is 4.74 Å². The predicted molar refractivity (Wildman–Crippen MR) is 56.6 cm³/mol. The van der Waals surface area contributed by atoms with E-state index < -0.39 is 5.97 Å². The fourth-order valence-electron chi connectivity index (χ4n) is 1.16. The first kappa shape index (κ1) is 10.1. The number of esters is 1. The standard InChI is InChI=1S/C9H8BrN3O2/c1-2-15-9(14)7-3-8-11-4-6(10)5-13(8)12-7/h3-5H,2H2,1H3. The molecule has 2 rings (SSSR count). The normalized spacial score (nSPS) is 10.5. The minimum absolute atomic E-state index is 0.266. The average molecular weight is 270 g/mol. The molecule has 0 aliphatic rings. The Kier molecular flexibility index (Phi) is 2.68. The van der Waals surface area contributed by atoms with Gasteiger partial charge in [0.15, 0.2) is 11.3 Å². The first-order chi connectivity index (χ1) is 7.20. The zero-order chi connectivity index (χ0) is 10.8. The third-order valence-corrected chi connectivity index (χ3v) is 2.18. The number of carbonyl (C=O) groups excluding carboxylic acids is 1. The minimum atomic E-state index is -0.431. The molecule has 15 heavy (non-hydrogen) atoms. The largest absolute Gasteiger partial charge is 0.461 e. The lowest BCUT2D eigenvalue weighted by molar-refractivity contribution is 0.0519. The molecular weight excluding hydrogens is 262 g/mol. The van der Waals surface area contributed by atoms with Crippen molar-refractivity contribution in [3.8, 4) is 0 Å². The molecule has 78 valence electrons. The Morgan fingerprint density at radius 2 is 2.47 bits per heavy atom. The summed E-state index contributed by atoms with van der Waals surface area (Å²) in [6, 6.07) is 1.59. The zero-order valence-corrected chi connectivity index (χ0v) is 9.56. The van der Waals surface area contributed by atoms with Gasteiger partial charge in [0.1, 0.15) is 0 Å². The Labute approximate surface area is 94.2 Å². The van der Waals surface area contributed by atoms with Crippen molar-refractivity contribution in [1.29, 1.82) is 0 Å². The highest BCUT2D eigenvalue weighted by Gasteiger charge is 2.11. The predicted octanol–water partition coefficient (Wildman–Crippen LogP) is 1.67. The molecule has 0 saturated heterocycles. The quantitative estimate of drug-likeness (QED) is 0.779. The van der Waals surface area contributed by atoms with Gasteiger partial charge in [-0.2, -0.15) is 5.10 Å². The minimum Gasteiger partial charge on any atom is -0.461 e. The van der Waals surface area contributed by atoms with Crippen molar-refractivity contribution in [3.63, 3.8) is 0 Å². The summed E-state index contributed by atoms with van der Waals surface area (Å²) in [5, 5.41) is 4.04. The van der Waals surface area contributed by atoms with Gasteiger partial charge in [-0.25, -0.2) is 14.3 Å². The number of aromatic nitrogens is 3. The van der Waals surface area contributed by atoms with Gasteiger partial charge in [-0.05, 0) is 22.9 Å². The summed E-state index contributed by atoms with van der Waals surface area (Å²) in [6.45, 7) is 2.09. The molecule has 0 spiro atoms. The van der Waals surface area contributed by atoms with Gasteiger partial charge >= 0.3 is 5.97 Å². The Balaban J connectivity index is 2.42. The van der Waals surface area contributed by atoms with E-state index in [1.165, 1.54) is 4.52 Å². The fourth-order valence-corrected chi connectivity index (χ4v) is 1.46. The summed E-state index contributed by atoms with van der Waals surface area (Å²) in [4.78, 5) is 15.5. The molecule has 0 fully saturated rings. The molecule has 0 N–H and O–H groups in total. The highest BCUT2D eigenvalue weighted by atomic mass is 79.9. The molecule has 0 saturated carbocycles. The SMILES string of the molecule is CCOC(=O)c1cc2ncc(Br)cn2n1. The van der Waals surface area contributed by atoms with Crippen molar-refractivity contribution in [2.24, 2.45) is 0 Å². The molecule has 2 heterocycles. The molecule has 2 aromatic rings. The topological polar surface area (TPSA) is 56.5 Å². The summed E-state index contributed by atoms with van der Waals surface area (Å²) in [5.41, 5.74) is 0.878.